The molecule has 31 heavy (non-hydrogen) atoms. The number of carbonyl (C=O) groups excluding carboxylic acids is 1. The van der Waals surface area contributed by atoms with Crippen LogP contribution in [0.25, 0.3) is 0 Å². The normalized spacial score (nSPS) is 48.0. The van der Waals surface area contributed by atoms with Gasteiger partial charge in [-0.25, -0.2) is 4.79 Å². The van der Waals surface area contributed by atoms with Crippen molar-refractivity contribution in [2.75, 3.05) is 46.1 Å². The van der Waals surface area contributed by atoms with Crippen LogP contribution < -0.4 is 0 Å². The van der Waals surface area contributed by atoms with Crippen LogP contribution in [0.15, 0.2) is 23.8 Å². The highest BCUT2D eigenvalue weighted by Gasteiger charge is 2.71. The minimum absolute atomic E-state index is 0.0357. The van der Waals surface area contributed by atoms with Gasteiger partial charge in [-0.2, -0.15) is 0 Å². The summed E-state index contributed by atoms with van der Waals surface area (Å²) in [6.45, 7) is 8.50. The summed E-state index contributed by atoms with van der Waals surface area (Å²) in [5, 5.41) is 21.4. The van der Waals surface area contributed by atoms with Gasteiger partial charge in [0.2, 0.25) is 0 Å². The fourth-order valence-corrected chi connectivity index (χ4v) is 7.15. The first kappa shape index (κ1) is 21.6. The first-order valence-corrected chi connectivity index (χ1v) is 11.7. The summed E-state index contributed by atoms with van der Waals surface area (Å²) in [5.74, 6) is -0.0571. The summed E-state index contributed by atoms with van der Waals surface area (Å²) in [7, 11) is 0. The average molecular weight is 434 g/mol. The molecule has 2 saturated carbocycles. The Morgan fingerprint density at radius 2 is 2.03 bits per heavy atom. The number of hydrogen-bond donors (Lipinski definition) is 2. The number of nitrogens with zero attached hydrogens (tertiary/aromatic N) is 1. The van der Waals surface area contributed by atoms with Gasteiger partial charge in [-0.15, -0.1) is 0 Å². The predicted octanol–water partition coefficient (Wildman–Crippen LogP) is 1.29. The van der Waals surface area contributed by atoms with Crippen LogP contribution in [0.5, 0.6) is 0 Å². The second-order valence-electron chi connectivity index (χ2n) is 10.5. The van der Waals surface area contributed by atoms with Crippen molar-refractivity contribution < 1.29 is 29.2 Å². The van der Waals surface area contributed by atoms with E-state index in [2.05, 4.69) is 17.9 Å². The number of morpholine rings is 1. The van der Waals surface area contributed by atoms with Crippen LogP contribution in [-0.4, -0.2) is 85.0 Å². The highest BCUT2D eigenvalue weighted by atomic mass is 16.6. The Labute approximate surface area is 184 Å². The van der Waals surface area contributed by atoms with E-state index in [1.165, 1.54) is 0 Å². The predicted molar refractivity (Wildman–Crippen MR) is 113 cm³/mol. The molecule has 0 aromatic carbocycles. The maximum atomic E-state index is 12.0. The van der Waals surface area contributed by atoms with Gasteiger partial charge in [-0.3, -0.25) is 4.90 Å². The van der Waals surface area contributed by atoms with Crippen molar-refractivity contribution >= 4 is 5.97 Å². The molecule has 0 radical (unpaired) electrons. The van der Waals surface area contributed by atoms with Crippen LogP contribution in [0.4, 0.5) is 0 Å². The minimum atomic E-state index is -0.564. The third-order valence-corrected chi connectivity index (χ3v) is 9.10. The highest BCUT2D eigenvalue weighted by Crippen LogP contribution is 2.66. The Hall–Kier alpha value is -1.25. The van der Waals surface area contributed by atoms with Crippen molar-refractivity contribution in [2.45, 2.75) is 50.9 Å². The van der Waals surface area contributed by atoms with Crippen molar-refractivity contribution in [3.8, 4) is 0 Å². The summed E-state index contributed by atoms with van der Waals surface area (Å²) in [6, 6.07) is 0.199. The number of hydrogen-bond acceptors (Lipinski definition) is 7. The first-order valence-electron chi connectivity index (χ1n) is 11.7. The van der Waals surface area contributed by atoms with E-state index in [0.717, 1.165) is 25.9 Å². The number of aliphatic hydroxyl groups is 2. The molecule has 3 aliphatic heterocycles. The number of cyclic esters (lactones) is 1. The highest BCUT2D eigenvalue weighted by molar-refractivity contribution is 5.93. The van der Waals surface area contributed by atoms with Crippen LogP contribution in [0.1, 0.15) is 33.1 Å². The lowest BCUT2D eigenvalue weighted by Crippen LogP contribution is -2.67. The van der Waals surface area contributed by atoms with Crippen LogP contribution in [0.2, 0.25) is 0 Å². The molecule has 5 rings (SSSR count). The number of esters is 1. The monoisotopic (exact) mass is 433 g/mol. The number of epoxide rings is 1. The minimum Gasteiger partial charge on any atom is -0.458 e. The first-order chi connectivity index (χ1) is 14.8. The molecule has 4 unspecified atom stereocenters. The van der Waals surface area contributed by atoms with Crippen LogP contribution in [0.3, 0.4) is 0 Å². The maximum absolute atomic E-state index is 12.0. The topological polar surface area (TPSA) is 91.8 Å². The molecule has 172 valence electrons. The number of aliphatic hydroxyl groups excluding tert-OH is 2. The van der Waals surface area contributed by atoms with Gasteiger partial charge >= 0.3 is 5.97 Å². The lowest BCUT2D eigenvalue weighted by molar-refractivity contribution is -0.186. The smallest absolute Gasteiger partial charge is 0.338 e. The maximum Gasteiger partial charge on any atom is 0.338 e. The molecule has 2 saturated heterocycles. The van der Waals surface area contributed by atoms with Crippen molar-refractivity contribution in [3.05, 3.63) is 23.8 Å². The number of carbonyl (C=O) groups is 1. The Bertz CT molecular complexity index is 785. The second kappa shape index (κ2) is 7.66. The van der Waals surface area contributed by atoms with Gasteiger partial charge in [0, 0.05) is 30.5 Å². The van der Waals surface area contributed by atoms with Gasteiger partial charge in [-0.1, -0.05) is 26.0 Å². The average Bonchev–Trinajstić information content (AvgIpc) is 3.45. The second-order valence-corrected chi connectivity index (χ2v) is 10.5. The molecule has 0 aromatic rings. The Balaban J connectivity index is 1.56. The van der Waals surface area contributed by atoms with E-state index < -0.39 is 11.5 Å². The molecule has 7 heteroatoms. The Kier molecular flexibility index (Phi) is 5.34. The van der Waals surface area contributed by atoms with Gasteiger partial charge in [-0.05, 0) is 36.7 Å². The molecule has 0 amide bonds. The molecule has 0 aromatic heterocycles. The lowest BCUT2D eigenvalue weighted by atomic mass is 9.44. The van der Waals surface area contributed by atoms with Crippen molar-refractivity contribution in [2.24, 2.45) is 22.7 Å². The molecule has 3 heterocycles. The molecule has 1 spiro atoms. The third-order valence-electron chi connectivity index (χ3n) is 9.10. The zero-order chi connectivity index (χ0) is 21.9. The molecule has 4 fully saturated rings. The van der Waals surface area contributed by atoms with Crippen molar-refractivity contribution in [3.63, 3.8) is 0 Å². The van der Waals surface area contributed by atoms with E-state index >= 15 is 0 Å². The van der Waals surface area contributed by atoms with Gasteiger partial charge < -0.3 is 24.4 Å². The number of rotatable bonds is 4. The van der Waals surface area contributed by atoms with Gasteiger partial charge in [0.05, 0.1) is 38.1 Å². The van der Waals surface area contributed by atoms with E-state index in [0.29, 0.717) is 38.4 Å². The van der Waals surface area contributed by atoms with Crippen molar-refractivity contribution in [1.29, 1.82) is 0 Å². The van der Waals surface area contributed by atoms with E-state index in [1.54, 1.807) is 0 Å². The fraction of sp³-hybridized carbons (Fsp3) is 0.792. The molecule has 5 aliphatic rings. The van der Waals surface area contributed by atoms with Crippen LogP contribution in [0, 0.1) is 22.7 Å². The van der Waals surface area contributed by atoms with Gasteiger partial charge in [0.1, 0.15) is 12.2 Å². The SMILES string of the molecule is C[C@]12CC[C@@H](O)[C@@](C)(CO)C1CC(N1CCOCC1)C1(CO1)C2/C=C/C1=CCOC1=O. The number of fused-ring (bicyclic) bond motifs is 1. The zero-order valence-corrected chi connectivity index (χ0v) is 18.6. The van der Waals surface area contributed by atoms with E-state index in [9.17, 15) is 15.0 Å². The zero-order valence-electron chi connectivity index (χ0n) is 18.6. The summed E-state index contributed by atoms with van der Waals surface area (Å²) in [6.07, 6.45) is 7.80. The van der Waals surface area contributed by atoms with Crippen molar-refractivity contribution in [1.82, 2.24) is 4.90 Å². The molecule has 7 atom stereocenters. The van der Waals surface area contributed by atoms with E-state index in [-0.39, 0.29) is 41.5 Å². The lowest BCUT2D eigenvalue weighted by Gasteiger charge is -2.63. The van der Waals surface area contributed by atoms with Gasteiger partial charge in [0.15, 0.2) is 0 Å². The summed E-state index contributed by atoms with van der Waals surface area (Å²) >= 11 is 0. The quantitative estimate of drug-likeness (QED) is 0.510. The van der Waals surface area contributed by atoms with Crippen LogP contribution >= 0.6 is 0 Å². The standard InChI is InChI=1S/C24H35NO6/c1-22-7-5-20(27)23(2,14-26)18(22)13-19(25-8-11-29-12-9-25)24(15-31-24)17(22)4-3-16-6-10-30-21(16)28/h3-4,6,17-20,26-27H,5,7-15H2,1-2H3/b4-3+/t17?,18?,19?,20-,22-,23+,24?/m1/s1. The Morgan fingerprint density at radius 1 is 1.29 bits per heavy atom. The largest absolute Gasteiger partial charge is 0.458 e. The fourth-order valence-electron chi connectivity index (χ4n) is 7.15. The molecule has 0 bridgehead atoms. The molecule has 2 aliphatic carbocycles. The summed E-state index contributed by atoms with van der Waals surface area (Å²) < 4.78 is 17.0. The number of ether oxygens (including phenoxy) is 3. The molecular formula is C24H35NO6. The third kappa shape index (κ3) is 3.23. The van der Waals surface area contributed by atoms with Crippen LogP contribution in [-0.2, 0) is 19.0 Å². The molecular weight excluding hydrogens is 398 g/mol. The summed E-state index contributed by atoms with van der Waals surface area (Å²) in [5.41, 5.74) is -0.396. The molecule has 7 nitrogen and oxygen atoms in total. The molecule has 2 N–H and O–H groups in total. The Morgan fingerprint density at radius 3 is 2.65 bits per heavy atom. The van der Waals surface area contributed by atoms with E-state index in [1.807, 2.05) is 19.1 Å². The van der Waals surface area contributed by atoms with Gasteiger partial charge in [0.25, 0.3) is 0 Å². The van der Waals surface area contributed by atoms with E-state index in [4.69, 9.17) is 14.2 Å². The summed E-state index contributed by atoms with van der Waals surface area (Å²) in [4.78, 5) is 14.5.